The molecule has 2 aliphatic rings. The number of guanidine groups is 1. The van der Waals surface area contributed by atoms with E-state index in [1.165, 1.54) is 39.1 Å². The first-order valence-electron chi connectivity index (χ1n) is 9.61. The molecule has 2 unspecified atom stereocenters. The van der Waals surface area contributed by atoms with E-state index >= 15 is 0 Å². The maximum absolute atomic E-state index is 4.42. The second kappa shape index (κ2) is 9.59. The molecule has 0 bridgehead atoms. The molecule has 2 fully saturated rings. The van der Waals surface area contributed by atoms with E-state index in [1.807, 2.05) is 7.05 Å². The number of aliphatic imine (C=N–C) groups is 1. The molecule has 0 aromatic heterocycles. The van der Waals surface area contributed by atoms with Crippen LogP contribution in [0.15, 0.2) is 4.99 Å². The van der Waals surface area contributed by atoms with Gasteiger partial charge in [-0.1, -0.05) is 6.92 Å². The Morgan fingerprint density at radius 3 is 2.62 bits per heavy atom. The fourth-order valence-corrected chi connectivity index (χ4v) is 3.64. The van der Waals surface area contributed by atoms with Crippen molar-refractivity contribution in [2.45, 2.75) is 39.3 Å². The SMILES string of the molecule is CN=C(NCCN1CCCN(C)CC1)NC1CN(C(C)C)CC1C. The highest BCUT2D eigenvalue weighted by Crippen LogP contribution is 2.18. The fourth-order valence-electron chi connectivity index (χ4n) is 3.64. The van der Waals surface area contributed by atoms with E-state index in [0.29, 0.717) is 18.0 Å². The lowest BCUT2D eigenvalue weighted by atomic mass is 10.1. The molecule has 6 nitrogen and oxygen atoms in total. The van der Waals surface area contributed by atoms with Gasteiger partial charge in [-0.05, 0) is 46.3 Å². The van der Waals surface area contributed by atoms with Crippen LogP contribution in [0.1, 0.15) is 27.2 Å². The number of likely N-dealkylation sites (tertiary alicyclic amines) is 1. The van der Waals surface area contributed by atoms with Gasteiger partial charge in [0, 0.05) is 58.4 Å². The molecule has 2 saturated heterocycles. The quantitative estimate of drug-likeness (QED) is 0.565. The molecule has 2 atom stereocenters. The van der Waals surface area contributed by atoms with Gasteiger partial charge in [0.2, 0.25) is 0 Å². The molecule has 0 radical (unpaired) electrons. The van der Waals surface area contributed by atoms with Gasteiger partial charge >= 0.3 is 0 Å². The molecule has 0 aromatic rings. The fraction of sp³-hybridized carbons (Fsp3) is 0.944. The highest BCUT2D eigenvalue weighted by molar-refractivity contribution is 5.80. The van der Waals surface area contributed by atoms with E-state index in [-0.39, 0.29) is 0 Å². The summed E-state index contributed by atoms with van der Waals surface area (Å²) in [6.45, 7) is 16.0. The summed E-state index contributed by atoms with van der Waals surface area (Å²) in [5.41, 5.74) is 0. The predicted molar refractivity (Wildman–Crippen MR) is 103 cm³/mol. The van der Waals surface area contributed by atoms with Crippen molar-refractivity contribution in [2.24, 2.45) is 10.9 Å². The molecular formula is C18H38N6. The minimum absolute atomic E-state index is 0.491. The Balaban J connectivity index is 1.71. The highest BCUT2D eigenvalue weighted by atomic mass is 15.3. The third kappa shape index (κ3) is 5.90. The molecular weight excluding hydrogens is 300 g/mol. The number of rotatable bonds is 5. The smallest absolute Gasteiger partial charge is 0.191 e. The van der Waals surface area contributed by atoms with Gasteiger partial charge in [0.25, 0.3) is 0 Å². The molecule has 0 amide bonds. The summed E-state index contributed by atoms with van der Waals surface area (Å²) in [6, 6.07) is 1.11. The second-order valence-electron chi connectivity index (χ2n) is 7.77. The van der Waals surface area contributed by atoms with Crippen molar-refractivity contribution >= 4 is 5.96 Å². The molecule has 140 valence electrons. The number of hydrogen-bond donors (Lipinski definition) is 2. The van der Waals surface area contributed by atoms with E-state index in [2.05, 4.69) is 58.1 Å². The monoisotopic (exact) mass is 338 g/mol. The van der Waals surface area contributed by atoms with E-state index < -0.39 is 0 Å². The second-order valence-corrected chi connectivity index (χ2v) is 7.77. The summed E-state index contributed by atoms with van der Waals surface area (Å²) in [6.07, 6.45) is 1.27. The lowest BCUT2D eigenvalue weighted by molar-refractivity contribution is 0.265. The zero-order valence-corrected chi connectivity index (χ0v) is 16.4. The number of nitrogens with one attached hydrogen (secondary N) is 2. The zero-order chi connectivity index (χ0) is 17.5. The minimum atomic E-state index is 0.491. The average Bonchev–Trinajstić information content (AvgIpc) is 2.78. The summed E-state index contributed by atoms with van der Waals surface area (Å²) in [4.78, 5) is 11.9. The number of hydrogen-bond acceptors (Lipinski definition) is 4. The molecule has 2 N–H and O–H groups in total. The van der Waals surface area contributed by atoms with Crippen LogP contribution in [-0.2, 0) is 0 Å². The van der Waals surface area contributed by atoms with E-state index in [1.54, 1.807) is 0 Å². The highest BCUT2D eigenvalue weighted by Gasteiger charge is 2.31. The van der Waals surface area contributed by atoms with Crippen LogP contribution < -0.4 is 10.6 Å². The maximum atomic E-state index is 4.42. The maximum Gasteiger partial charge on any atom is 0.191 e. The first-order valence-corrected chi connectivity index (χ1v) is 9.61. The summed E-state index contributed by atoms with van der Waals surface area (Å²) < 4.78 is 0. The molecule has 0 spiro atoms. The Bertz CT molecular complexity index is 397. The Morgan fingerprint density at radius 2 is 1.96 bits per heavy atom. The molecule has 2 rings (SSSR count). The summed E-state index contributed by atoms with van der Waals surface area (Å²) in [5.74, 6) is 1.61. The number of nitrogens with zero attached hydrogens (tertiary/aromatic N) is 4. The van der Waals surface area contributed by atoms with Gasteiger partial charge < -0.3 is 20.4 Å². The Labute approximate surface area is 148 Å². The van der Waals surface area contributed by atoms with Crippen LogP contribution in [0.4, 0.5) is 0 Å². The zero-order valence-electron chi connectivity index (χ0n) is 16.4. The van der Waals surface area contributed by atoms with Crippen molar-refractivity contribution in [1.82, 2.24) is 25.3 Å². The average molecular weight is 339 g/mol. The van der Waals surface area contributed by atoms with Crippen LogP contribution in [0.3, 0.4) is 0 Å². The topological polar surface area (TPSA) is 46.1 Å². The predicted octanol–water partition coefficient (Wildman–Crippen LogP) is 0.518. The van der Waals surface area contributed by atoms with Crippen LogP contribution in [0.25, 0.3) is 0 Å². The lowest BCUT2D eigenvalue weighted by Gasteiger charge is -2.23. The van der Waals surface area contributed by atoms with Crippen molar-refractivity contribution in [3.8, 4) is 0 Å². The van der Waals surface area contributed by atoms with Crippen LogP contribution >= 0.6 is 0 Å². The van der Waals surface area contributed by atoms with Gasteiger partial charge in [-0.25, -0.2) is 0 Å². The summed E-state index contributed by atoms with van der Waals surface area (Å²) in [5, 5.41) is 7.13. The lowest BCUT2D eigenvalue weighted by Crippen LogP contribution is -2.48. The Kier molecular flexibility index (Phi) is 7.78. The van der Waals surface area contributed by atoms with E-state index in [0.717, 1.165) is 25.6 Å². The largest absolute Gasteiger partial charge is 0.355 e. The molecule has 24 heavy (non-hydrogen) atoms. The minimum Gasteiger partial charge on any atom is -0.355 e. The van der Waals surface area contributed by atoms with Gasteiger partial charge in [0.15, 0.2) is 5.96 Å². The standard InChI is InChI=1S/C18H38N6/c1-15(2)24-13-16(3)17(14-24)21-18(19-4)20-7-10-23-9-6-8-22(5)11-12-23/h15-17H,6-14H2,1-5H3,(H2,19,20,21). The Morgan fingerprint density at radius 1 is 1.17 bits per heavy atom. The van der Waals surface area contributed by atoms with E-state index in [4.69, 9.17) is 0 Å². The van der Waals surface area contributed by atoms with Crippen LogP contribution in [-0.4, -0.2) is 99.2 Å². The van der Waals surface area contributed by atoms with Gasteiger partial charge in [-0.15, -0.1) is 0 Å². The summed E-state index contributed by atoms with van der Waals surface area (Å²) >= 11 is 0. The third-order valence-corrected chi connectivity index (χ3v) is 5.45. The summed E-state index contributed by atoms with van der Waals surface area (Å²) in [7, 11) is 4.09. The first kappa shape index (κ1) is 19.5. The first-order chi connectivity index (χ1) is 11.5. The van der Waals surface area contributed by atoms with Crippen molar-refractivity contribution in [1.29, 1.82) is 0 Å². The van der Waals surface area contributed by atoms with Crippen LogP contribution in [0.2, 0.25) is 0 Å². The van der Waals surface area contributed by atoms with Crippen LogP contribution in [0, 0.1) is 5.92 Å². The molecule has 2 aliphatic heterocycles. The molecule has 0 aromatic carbocycles. The van der Waals surface area contributed by atoms with Crippen molar-refractivity contribution < 1.29 is 0 Å². The molecule has 0 aliphatic carbocycles. The normalized spacial score (nSPS) is 28.3. The van der Waals surface area contributed by atoms with Gasteiger partial charge in [-0.2, -0.15) is 0 Å². The van der Waals surface area contributed by atoms with Gasteiger partial charge in [0.1, 0.15) is 0 Å². The number of likely N-dealkylation sites (N-methyl/N-ethyl adjacent to an activating group) is 1. The van der Waals surface area contributed by atoms with Gasteiger partial charge in [0.05, 0.1) is 0 Å². The van der Waals surface area contributed by atoms with Gasteiger partial charge in [-0.3, -0.25) is 9.89 Å². The van der Waals surface area contributed by atoms with E-state index in [9.17, 15) is 0 Å². The molecule has 6 heteroatoms. The Hall–Kier alpha value is -0.850. The van der Waals surface area contributed by atoms with Crippen molar-refractivity contribution in [3.63, 3.8) is 0 Å². The van der Waals surface area contributed by atoms with Crippen molar-refractivity contribution in [3.05, 3.63) is 0 Å². The van der Waals surface area contributed by atoms with Crippen LogP contribution in [0.5, 0.6) is 0 Å². The van der Waals surface area contributed by atoms with Crippen molar-refractivity contribution in [2.75, 3.05) is 66.5 Å². The third-order valence-electron chi connectivity index (χ3n) is 5.45. The molecule has 2 heterocycles. The molecule has 0 saturated carbocycles.